The van der Waals surface area contributed by atoms with Crippen LogP contribution in [0.15, 0.2) is 0 Å². The van der Waals surface area contributed by atoms with Gasteiger partial charge in [-0.15, -0.1) is 0 Å². The van der Waals surface area contributed by atoms with E-state index in [1.807, 2.05) is 6.92 Å². The van der Waals surface area contributed by atoms with Crippen molar-refractivity contribution in [3.8, 4) is 0 Å². The van der Waals surface area contributed by atoms with Crippen molar-refractivity contribution in [2.24, 2.45) is 11.8 Å². The maximum absolute atomic E-state index is 12.0. The first kappa shape index (κ1) is 12.9. The van der Waals surface area contributed by atoms with Gasteiger partial charge < -0.3 is 10.1 Å². The summed E-state index contributed by atoms with van der Waals surface area (Å²) in [5.41, 5.74) is 0. The third-order valence-corrected chi connectivity index (χ3v) is 3.99. The molecule has 98 valence electrons. The van der Waals surface area contributed by atoms with E-state index in [4.69, 9.17) is 4.74 Å². The highest BCUT2D eigenvalue weighted by molar-refractivity contribution is 5.76. The Balaban J connectivity index is 1.86. The summed E-state index contributed by atoms with van der Waals surface area (Å²) in [6, 6.07) is -0.0455. The summed E-state index contributed by atoms with van der Waals surface area (Å²) < 4.78 is 5.21. The molecule has 0 aliphatic heterocycles. The van der Waals surface area contributed by atoms with Crippen LogP contribution in [0.5, 0.6) is 0 Å². The van der Waals surface area contributed by atoms with E-state index >= 15 is 0 Å². The average molecular weight is 239 g/mol. The number of nitrogens with one attached hydrogen (secondary N) is 1. The molecule has 3 nitrogen and oxygen atoms in total. The molecule has 0 aromatic carbocycles. The van der Waals surface area contributed by atoms with Crippen molar-refractivity contribution in [3.63, 3.8) is 0 Å². The number of ether oxygens (including phenoxy) is 1. The molecule has 3 heteroatoms. The molecule has 2 aliphatic carbocycles. The Hall–Kier alpha value is -0.570. The number of carbonyl (C=O) groups is 1. The second kappa shape index (κ2) is 6.39. The molecule has 0 radical (unpaired) electrons. The van der Waals surface area contributed by atoms with Crippen molar-refractivity contribution in [1.29, 1.82) is 0 Å². The molecule has 17 heavy (non-hydrogen) atoms. The lowest BCUT2D eigenvalue weighted by atomic mass is 9.84. The molecule has 2 aliphatic rings. The number of hydrogen-bond acceptors (Lipinski definition) is 3. The van der Waals surface area contributed by atoms with E-state index < -0.39 is 0 Å². The Labute approximate surface area is 104 Å². The van der Waals surface area contributed by atoms with E-state index in [1.165, 1.54) is 44.9 Å². The summed E-state index contributed by atoms with van der Waals surface area (Å²) in [6.07, 6.45) is 8.88. The van der Waals surface area contributed by atoms with Gasteiger partial charge in [0.1, 0.15) is 6.04 Å². The van der Waals surface area contributed by atoms with E-state index in [9.17, 15) is 4.79 Å². The van der Waals surface area contributed by atoms with Gasteiger partial charge >= 0.3 is 5.97 Å². The van der Waals surface area contributed by atoms with Crippen LogP contribution in [0, 0.1) is 11.8 Å². The number of esters is 1. The molecule has 1 atom stereocenters. The molecular formula is C14H25NO2. The number of carbonyl (C=O) groups excluding carboxylic acids is 1. The van der Waals surface area contributed by atoms with Gasteiger partial charge in [-0.3, -0.25) is 4.79 Å². The minimum atomic E-state index is -0.0455. The molecule has 0 spiro atoms. The molecule has 0 bridgehead atoms. The van der Waals surface area contributed by atoms with Crippen LogP contribution >= 0.6 is 0 Å². The predicted molar refractivity (Wildman–Crippen MR) is 67.7 cm³/mol. The maximum atomic E-state index is 12.0. The smallest absolute Gasteiger partial charge is 0.323 e. The highest BCUT2D eigenvalue weighted by atomic mass is 16.5. The van der Waals surface area contributed by atoms with Crippen LogP contribution in [0.25, 0.3) is 0 Å². The maximum Gasteiger partial charge on any atom is 0.323 e. The summed E-state index contributed by atoms with van der Waals surface area (Å²) in [6.45, 7) is 3.38. The topological polar surface area (TPSA) is 38.3 Å². The lowest BCUT2D eigenvalue weighted by molar-refractivity contribution is -0.147. The Morgan fingerprint density at radius 1 is 1.24 bits per heavy atom. The van der Waals surface area contributed by atoms with Gasteiger partial charge in [0.25, 0.3) is 0 Å². The summed E-state index contributed by atoms with van der Waals surface area (Å²) in [7, 11) is 0. The molecule has 0 amide bonds. The van der Waals surface area contributed by atoms with Gasteiger partial charge in [-0.2, -0.15) is 0 Å². The Morgan fingerprint density at radius 2 is 1.94 bits per heavy atom. The lowest BCUT2D eigenvalue weighted by Crippen LogP contribution is -2.45. The zero-order chi connectivity index (χ0) is 12.1. The van der Waals surface area contributed by atoms with Crippen LogP contribution in [0.4, 0.5) is 0 Å². The molecule has 0 aromatic heterocycles. The average Bonchev–Trinajstić information content (AvgIpc) is 3.15. The highest BCUT2D eigenvalue weighted by Crippen LogP contribution is 2.30. The van der Waals surface area contributed by atoms with Gasteiger partial charge in [-0.05, 0) is 51.0 Å². The van der Waals surface area contributed by atoms with Crippen LogP contribution in [0.1, 0.15) is 51.9 Å². The molecule has 0 saturated heterocycles. The molecule has 0 aromatic rings. The van der Waals surface area contributed by atoms with Crippen LogP contribution in [0.3, 0.4) is 0 Å². The van der Waals surface area contributed by atoms with Gasteiger partial charge in [0.2, 0.25) is 0 Å². The van der Waals surface area contributed by atoms with Gasteiger partial charge in [0.05, 0.1) is 6.61 Å². The van der Waals surface area contributed by atoms with Crippen molar-refractivity contribution in [1.82, 2.24) is 5.32 Å². The summed E-state index contributed by atoms with van der Waals surface area (Å²) in [5.74, 6) is 1.29. The molecule has 2 rings (SSSR count). The predicted octanol–water partition coefficient (Wildman–Crippen LogP) is 2.50. The minimum Gasteiger partial charge on any atom is -0.465 e. The third kappa shape index (κ3) is 3.98. The van der Waals surface area contributed by atoms with E-state index in [2.05, 4.69) is 5.32 Å². The number of rotatable bonds is 6. The SMILES string of the molecule is CCOC(=O)C(NCC1CC1)C1CCCCC1. The summed E-state index contributed by atoms with van der Waals surface area (Å²) >= 11 is 0. The third-order valence-electron chi connectivity index (χ3n) is 3.99. The van der Waals surface area contributed by atoms with Gasteiger partial charge in [0, 0.05) is 0 Å². The van der Waals surface area contributed by atoms with Crippen molar-refractivity contribution >= 4 is 5.97 Å². The highest BCUT2D eigenvalue weighted by Gasteiger charge is 2.32. The van der Waals surface area contributed by atoms with Crippen LogP contribution in [-0.2, 0) is 9.53 Å². The van der Waals surface area contributed by atoms with E-state index in [1.54, 1.807) is 0 Å². The van der Waals surface area contributed by atoms with Crippen molar-refractivity contribution in [2.75, 3.05) is 13.2 Å². The molecule has 2 saturated carbocycles. The normalized spacial score (nSPS) is 23.4. The molecule has 1 N–H and O–H groups in total. The van der Waals surface area contributed by atoms with E-state index in [-0.39, 0.29) is 12.0 Å². The molecule has 1 unspecified atom stereocenters. The zero-order valence-electron chi connectivity index (χ0n) is 10.9. The van der Waals surface area contributed by atoms with E-state index in [0.717, 1.165) is 12.5 Å². The largest absolute Gasteiger partial charge is 0.465 e. The quantitative estimate of drug-likeness (QED) is 0.724. The minimum absolute atomic E-state index is 0.0277. The first-order chi connectivity index (χ1) is 8.31. The zero-order valence-corrected chi connectivity index (χ0v) is 10.9. The van der Waals surface area contributed by atoms with Gasteiger partial charge in [0.15, 0.2) is 0 Å². The van der Waals surface area contributed by atoms with Crippen molar-refractivity contribution < 1.29 is 9.53 Å². The summed E-state index contributed by atoms with van der Waals surface area (Å²) in [4.78, 5) is 12.0. The first-order valence-corrected chi connectivity index (χ1v) is 7.21. The van der Waals surface area contributed by atoms with Gasteiger partial charge in [-0.25, -0.2) is 0 Å². The second-order valence-corrected chi connectivity index (χ2v) is 5.48. The molecule has 2 fully saturated rings. The van der Waals surface area contributed by atoms with Crippen LogP contribution in [-0.4, -0.2) is 25.2 Å². The van der Waals surface area contributed by atoms with Crippen LogP contribution in [0.2, 0.25) is 0 Å². The molecule has 0 heterocycles. The Morgan fingerprint density at radius 3 is 2.53 bits per heavy atom. The standard InChI is InChI=1S/C14H25NO2/c1-2-17-14(16)13(15-10-11-8-9-11)12-6-4-3-5-7-12/h11-13,15H,2-10H2,1H3. The van der Waals surface area contributed by atoms with Crippen molar-refractivity contribution in [2.45, 2.75) is 57.9 Å². The second-order valence-electron chi connectivity index (χ2n) is 5.48. The fourth-order valence-corrected chi connectivity index (χ4v) is 2.76. The fourth-order valence-electron chi connectivity index (χ4n) is 2.76. The summed E-state index contributed by atoms with van der Waals surface area (Å²) in [5, 5.41) is 3.46. The van der Waals surface area contributed by atoms with Gasteiger partial charge in [-0.1, -0.05) is 19.3 Å². The van der Waals surface area contributed by atoms with Crippen molar-refractivity contribution in [3.05, 3.63) is 0 Å². The molecular weight excluding hydrogens is 214 g/mol. The van der Waals surface area contributed by atoms with E-state index in [0.29, 0.717) is 12.5 Å². The monoisotopic (exact) mass is 239 g/mol. The van der Waals surface area contributed by atoms with Crippen LogP contribution < -0.4 is 5.32 Å². The Bertz CT molecular complexity index is 245. The fraction of sp³-hybridized carbons (Fsp3) is 0.929. The number of hydrogen-bond donors (Lipinski definition) is 1. The lowest BCUT2D eigenvalue weighted by Gasteiger charge is -2.29. The Kier molecular flexibility index (Phi) is 4.84. The first-order valence-electron chi connectivity index (χ1n) is 7.21.